The van der Waals surface area contributed by atoms with E-state index in [2.05, 4.69) is 20.7 Å². The van der Waals surface area contributed by atoms with Gasteiger partial charge in [-0.25, -0.2) is 0 Å². The average Bonchev–Trinajstić information content (AvgIpc) is 3.26. The Morgan fingerprint density at radius 3 is 2.79 bits per heavy atom. The van der Waals surface area contributed by atoms with Gasteiger partial charge < -0.3 is 14.0 Å². The summed E-state index contributed by atoms with van der Waals surface area (Å²) in [6, 6.07) is 4.99. The van der Waals surface area contributed by atoms with Gasteiger partial charge in [-0.3, -0.25) is 10.1 Å². The Morgan fingerprint density at radius 1 is 1.29 bits per heavy atom. The molecule has 1 amide bonds. The molecular formula is C18H20N4O4S2. The maximum Gasteiger partial charge on any atom is 0.257 e. The van der Waals surface area contributed by atoms with Crippen LogP contribution in [0, 0.1) is 13.8 Å². The van der Waals surface area contributed by atoms with E-state index in [1.807, 2.05) is 20.8 Å². The second kappa shape index (κ2) is 9.07. The Hall–Kier alpha value is -2.59. The van der Waals surface area contributed by atoms with E-state index < -0.39 is 0 Å². The molecular weight excluding hydrogens is 400 g/mol. The number of carbonyl (C=O) groups excluding carboxylic acids is 1. The van der Waals surface area contributed by atoms with Crippen molar-refractivity contribution in [2.75, 3.05) is 18.2 Å². The number of anilines is 1. The molecule has 3 aromatic rings. The van der Waals surface area contributed by atoms with Gasteiger partial charge >= 0.3 is 0 Å². The summed E-state index contributed by atoms with van der Waals surface area (Å²) >= 11 is 2.92. The van der Waals surface area contributed by atoms with Crippen LogP contribution in [0.5, 0.6) is 11.5 Å². The van der Waals surface area contributed by atoms with Crippen LogP contribution in [0.2, 0.25) is 0 Å². The highest BCUT2D eigenvalue weighted by Gasteiger charge is 2.15. The third-order valence-electron chi connectivity index (χ3n) is 3.87. The second-order valence-electron chi connectivity index (χ2n) is 5.72. The summed E-state index contributed by atoms with van der Waals surface area (Å²) in [6.07, 6.45) is 0. The van der Waals surface area contributed by atoms with Gasteiger partial charge in [0.2, 0.25) is 5.13 Å². The third-order valence-corrected chi connectivity index (χ3v) is 5.73. The van der Waals surface area contributed by atoms with Gasteiger partial charge in [0.15, 0.2) is 15.8 Å². The number of rotatable bonds is 8. The molecule has 0 aliphatic heterocycles. The Labute approximate surface area is 170 Å². The van der Waals surface area contributed by atoms with Crippen molar-refractivity contribution in [3.63, 3.8) is 0 Å². The molecule has 0 saturated carbocycles. The molecule has 3 rings (SSSR count). The van der Waals surface area contributed by atoms with Crippen LogP contribution in [0.4, 0.5) is 5.13 Å². The molecule has 28 heavy (non-hydrogen) atoms. The first-order chi connectivity index (χ1) is 13.5. The quantitative estimate of drug-likeness (QED) is 0.430. The molecule has 2 aromatic heterocycles. The summed E-state index contributed by atoms with van der Waals surface area (Å²) in [5.74, 6) is 2.30. The van der Waals surface area contributed by atoms with Crippen LogP contribution in [-0.2, 0) is 6.61 Å². The Morgan fingerprint density at radius 2 is 2.11 bits per heavy atom. The summed E-state index contributed by atoms with van der Waals surface area (Å²) < 4.78 is 17.2. The number of amides is 1. The molecule has 10 heteroatoms. The number of nitrogens with zero attached hydrogens (tertiary/aromatic N) is 3. The van der Waals surface area contributed by atoms with Crippen LogP contribution < -0.4 is 14.8 Å². The number of aromatic nitrogens is 3. The molecule has 0 fully saturated rings. The van der Waals surface area contributed by atoms with E-state index >= 15 is 0 Å². The first-order valence-electron chi connectivity index (χ1n) is 8.52. The number of hydrogen-bond acceptors (Lipinski definition) is 9. The molecule has 0 aliphatic carbocycles. The first-order valence-corrected chi connectivity index (χ1v) is 10.3. The van der Waals surface area contributed by atoms with Crippen molar-refractivity contribution in [1.82, 2.24) is 15.4 Å². The monoisotopic (exact) mass is 420 g/mol. The predicted molar refractivity (Wildman–Crippen MR) is 108 cm³/mol. The summed E-state index contributed by atoms with van der Waals surface area (Å²) in [6.45, 7) is 6.02. The smallest absolute Gasteiger partial charge is 0.257 e. The minimum atomic E-state index is -0.292. The van der Waals surface area contributed by atoms with E-state index in [0.717, 1.165) is 21.3 Å². The van der Waals surface area contributed by atoms with Crippen LogP contribution in [0.1, 0.15) is 34.3 Å². The highest BCUT2D eigenvalue weighted by Crippen LogP contribution is 2.30. The van der Waals surface area contributed by atoms with Gasteiger partial charge in [0.25, 0.3) is 5.91 Å². The molecule has 0 saturated heterocycles. The predicted octanol–water partition coefficient (Wildman–Crippen LogP) is 4.09. The normalized spacial score (nSPS) is 10.7. The standard InChI is InChI=1S/C18H20N4O4S2/c1-5-27-18-21-20-17(28-18)19-16(23)12-6-7-14(15(8-12)24-4)25-9-13-10(2)22-26-11(13)3/h6-8H,5,9H2,1-4H3,(H,19,20,23). The lowest BCUT2D eigenvalue weighted by Gasteiger charge is -2.12. The number of nitrogens with one attached hydrogen (secondary N) is 1. The van der Waals surface area contributed by atoms with E-state index in [0.29, 0.717) is 34.6 Å². The molecule has 0 spiro atoms. The molecule has 1 N–H and O–H groups in total. The SMILES string of the molecule is CCSc1nnc(NC(=O)c2ccc(OCc3c(C)noc3C)c(OC)c2)s1. The van der Waals surface area contributed by atoms with Gasteiger partial charge in [-0.15, -0.1) is 10.2 Å². The van der Waals surface area contributed by atoms with Gasteiger partial charge in [-0.05, 0) is 37.8 Å². The molecule has 0 atom stereocenters. The summed E-state index contributed by atoms with van der Waals surface area (Å²) in [4.78, 5) is 12.5. The third kappa shape index (κ3) is 4.63. The second-order valence-corrected chi connectivity index (χ2v) is 8.21. The highest BCUT2D eigenvalue weighted by molar-refractivity contribution is 8.01. The Kier molecular flexibility index (Phi) is 6.53. The van der Waals surface area contributed by atoms with Crippen LogP contribution in [0.15, 0.2) is 27.1 Å². The minimum Gasteiger partial charge on any atom is -0.493 e. The van der Waals surface area contributed by atoms with Crippen molar-refractivity contribution < 1.29 is 18.8 Å². The Balaban J connectivity index is 1.70. The number of carbonyl (C=O) groups is 1. The maximum atomic E-state index is 12.5. The number of methoxy groups -OCH3 is 1. The van der Waals surface area contributed by atoms with Gasteiger partial charge in [-0.2, -0.15) is 0 Å². The molecule has 1 aromatic carbocycles. The van der Waals surface area contributed by atoms with Gasteiger partial charge in [0, 0.05) is 5.56 Å². The molecule has 2 heterocycles. The fraction of sp³-hybridized carbons (Fsp3) is 0.333. The van der Waals surface area contributed by atoms with Crippen molar-refractivity contribution in [1.29, 1.82) is 0 Å². The van der Waals surface area contributed by atoms with Crippen LogP contribution >= 0.6 is 23.1 Å². The van der Waals surface area contributed by atoms with Crippen molar-refractivity contribution in [3.8, 4) is 11.5 Å². The Bertz CT molecular complexity index is 951. The molecule has 0 unspecified atom stereocenters. The molecule has 8 nitrogen and oxygen atoms in total. The average molecular weight is 421 g/mol. The molecule has 148 valence electrons. The lowest BCUT2D eigenvalue weighted by atomic mass is 10.2. The largest absolute Gasteiger partial charge is 0.493 e. The van der Waals surface area contributed by atoms with Gasteiger partial charge in [0.05, 0.1) is 18.4 Å². The van der Waals surface area contributed by atoms with Crippen molar-refractivity contribution >= 4 is 34.1 Å². The molecule has 0 radical (unpaired) electrons. The fourth-order valence-electron chi connectivity index (χ4n) is 2.40. The fourth-order valence-corrected chi connectivity index (χ4v) is 4.04. The van der Waals surface area contributed by atoms with Gasteiger partial charge in [0.1, 0.15) is 12.4 Å². The lowest BCUT2D eigenvalue weighted by molar-refractivity contribution is 0.102. The molecule has 0 bridgehead atoms. The number of ether oxygens (including phenoxy) is 2. The van der Waals surface area contributed by atoms with Crippen LogP contribution in [-0.4, -0.2) is 34.1 Å². The van der Waals surface area contributed by atoms with E-state index in [4.69, 9.17) is 14.0 Å². The van der Waals surface area contributed by atoms with Crippen LogP contribution in [0.3, 0.4) is 0 Å². The zero-order valence-electron chi connectivity index (χ0n) is 15.9. The topological polar surface area (TPSA) is 99.4 Å². The van der Waals surface area contributed by atoms with Crippen molar-refractivity contribution in [2.45, 2.75) is 31.7 Å². The molecule has 0 aliphatic rings. The van der Waals surface area contributed by atoms with Crippen molar-refractivity contribution in [2.24, 2.45) is 0 Å². The van der Waals surface area contributed by atoms with E-state index in [1.54, 1.807) is 30.0 Å². The minimum absolute atomic E-state index is 0.292. The summed E-state index contributed by atoms with van der Waals surface area (Å²) in [5, 5.41) is 15.1. The van der Waals surface area contributed by atoms with E-state index in [-0.39, 0.29) is 5.91 Å². The summed E-state index contributed by atoms with van der Waals surface area (Å²) in [5.41, 5.74) is 2.10. The van der Waals surface area contributed by atoms with Crippen LogP contribution in [0.25, 0.3) is 0 Å². The van der Waals surface area contributed by atoms with E-state index in [9.17, 15) is 4.79 Å². The lowest BCUT2D eigenvalue weighted by Crippen LogP contribution is -2.12. The number of aryl methyl sites for hydroxylation is 2. The zero-order valence-corrected chi connectivity index (χ0v) is 17.6. The number of thioether (sulfide) groups is 1. The highest BCUT2D eigenvalue weighted by atomic mass is 32.2. The van der Waals surface area contributed by atoms with Crippen molar-refractivity contribution in [3.05, 3.63) is 40.8 Å². The summed E-state index contributed by atoms with van der Waals surface area (Å²) in [7, 11) is 1.53. The first kappa shape index (κ1) is 20.2. The number of hydrogen-bond donors (Lipinski definition) is 1. The zero-order chi connectivity index (χ0) is 20.1. The van der Waals surface area contributed by atoms with E-state index in [1.165, 1.54) is 18.4 Å². The number of benzene rings is 1. The maximum absolute atomic E-state index is 12.5. The van der Waals surface area contributed by atoms with Gasteiger partial charge in [-0.1, -0.05) is 35.2 Å².